The molecular formula is H6O12S4Si3. The molecule has 0 aromatic rings. The quantitative estimate of drug-likeness (QED) is 0.250. The molecule has 0 aliphatic heterocycles. The number of hydrogen-bond donors (Lipinski definition) is 4. The van der Waals surface area contributed by atoms with Gasteiger partial charge >= 0.3 is 6.19 Å². The van der Waals surface area contributed by atoms with Gasteiger partial charge in [-0.15, -0.1) is 0 Å². The Bertz CT molecular complexity index is 767. The fourth-order valence-electron chi connectivity index (χ4n) is 0.825. The molecule has 0 unspecified atom stereocenters. The van der Waals surface area contributed by atoms with Crippen LogP contribution in [0.3, 0.4) is 0 Å². The van der Waals surface area contributed by atoms with E-state index in [2.05, 4.69) is 0 Å². The Balaban J connectivity index is 6.93. The minimum Gasteiger partial charge on any atom is -0.292 e. The van der Waals surface area contributed by atoms with Gasteiger partial charge in [0.1, 0.15) is 0 Å². The highest BCUT2D eigenvalue weighted by molar-refractivity contribution is 8.52. The third-order valence-electron chi connectivity index (χ3n) is 1.32. The van der Waals surface area contributed by atoms with Crippen LogP contribution in [0.25, 0.3) is 0 Å². The molecule has 114 valence electrons. The van der Waals surface area contributed by atoms with Gasteiger partial charge in [0, 0.05) is 0 Å². The van der Waals surface area contributed by atoms with Crippen molar-refractivity contribution in [3.63, 3.8) is 0 Å². The van der Waals surface area contributed by atoms with Crippen molar-refractivity contribution < 1.29 is 51.9 Å². The van der Waals surface area contributed by atoms with Crippen molar-refractivity contribution in [1.29, 1.82) is 0 Å². The van der Waals surface area contributed by atoms with Gasteiger partial charge in [-0.2, -0.15) is 0 Å². The molecule has 19 heteroatoms. The van der Waals surface area contributed by atoms with E-state index >= 15 is 0 Å². The summed E-state index contributed by atoms with van der Waals surface area (Å²) < 4.78 is 121. The first-order valence-electron chi connectivity index (χ1n) is 3.57. The van der Waals surface area contributed by atoms with E-state index in [4.69, 9.17) is 18.2 Å². The molecule has 19 heavy (non-hydrogen) atoms. The monoisotopic (exact) mass is 410 g/mol. The molecule has 12 nitrogen and oxygen atoms in total. The standard InChI is InChI=1S/H6O12S4Si3/c1-13(2,3)17-19(16(10,11)12)18(14(4,5)6)15(7,8)9/h17H2,(H,1,2,3)(H,4,5,6)(H,7,8,9)(H,10,11,12). The summed E-state index contributed by atoms with van der Waals surface area (Å²) in [4.78, 5) is 0. The molecule has 0 atom stereocenters. The second-order valence-corrected chi connectivity index (χ2v) is 35.9. The highest BCUT2D eigenvalue weighted by Crippen LogP contribution is 2.01. The molecular weight excluding hydrogens is 405 g/mol. The summed E-state index contributed by atoms with van der Waals surface area (Å²) in [6.45, 7) is -4.22. The lowest BCUT2D eigenvalue weighted by Gasteiger charge is -2.04. The average Bonchev–Trinajstić information content (AvgIpc) is 1.91. The topological polar surface area (TPSA) is 217 Å². The molecule has 0 aliphatic rings. The summed E-state index contributed by atoms with van der Waals surface area (Å²) >= 11 is 0. The maximum absolute atomic E-state index is 10.9. The van der Waals surface area contributed by atoms with Gasteiger partial charge in [0.05, 0.1) is 0 Å². The van der Waals surface area contributed by atoms with Gasteiger partial charge in [-0.05, 0) is 0 Å². The molecule has 0 spiro atoms. The zero-order chi connectivity index (χ0) is 15.9. The molecule has 0 saturated carbocycles. The maximum Gasteiger partial charge on any atom is 0.364 e. The van der Waals surface area contributed by atoms with Gasteiger partial charge in [-0.1, -0.05) is 0 Å². The van der Waals surface area contributed by atoms with Crippen molar-refractivity contribution in [2.45, 2.75) is 0 Å². The third kappa shape index (κ3) is 6.52. The van der Waals surface area contributed by atoms with Crippen LogP contribution in [-0.2, 0) is 38.3 Å². The van der Waals surface area contributed by atoms with Crippen LogP contribution in [0.1, 0.15) is 0 Å². The lowest BCUT2D eigenvalue weighted by Crippen LogP contribution is -2.44. The van der Waals surface area contributed by atoms with E-state index in [1.165, 1.54) is 0 Å². The lowest BCUT2D eigenvalue weighted by atomic mass is 15.9. The van der Waals surface area contributed by atoms with Crippen LogP contribution in [0.5, 0.6) is 0 Å². The SMILES string of the molecule is O=S(=O)(O)[SiH2][Si](=[Si](S(=O)(=O)O)S(=O)(=O)O)S(=O)(=O)O. The van der Waals surface area contributed by atoms with Crippen molar-refractivity contribution >= 4 is 59.2 Å². The Labute approximate surface area is 111 Å². The van der Waals surface area contributed by atoms with Crippen LogP contribution < -0.4 is 0 Å². The average molecular weight is 411 g/mol. The Morgan fingerprint density at radius 1 is 0.632 bits per heavy atom. The Kier molecular flexibility index (Phi) is 5.67. The smallest absolute Gasteiger partial charge is 0.292 e. The first kappa shape index (κ1) is 19.3. The van der Waals surface area contributed by atoms with E-state index in [1.54, 1.807) is 0 Å². The van der Waals surface area contributed by atoms with Crippen molar-refractivity contribution in [2.24, 2.45) is 0 Å². The van der Waals surface area contributed by atoms with Gasteiger partial charge in [-0.25, -0.2) is 33.7 Å². The van der Waals surface area contributed by atoms with Gasteiger partial charge in [0.2, 0.25) is 33.9 Å². The van der Waals surface area contributed by atoms with Crippen molar-refractivity contribution in [2.75, 3.05) is 0 Å². The Morgan fingerprint density at radius 3 is 1.11 bits per heavy atom. The van der Waals surface area contributed by atoms with Crippen LogP contribution in [0.4, 0.5) is 0 Å². The predicted octanol–water partition coefficient (Wildman–Crippen LogP) is -4.32. The lowest BCUT2D eigenvalue weighted by molar-refractivity contribution is 0.492. The highest BCUT2D eigenvalue weighted by atomic mass is 32.7. The minimum atomic E-state index is -5.65. The van der Waals surface area contributed by atoms with Gasteiger partial charge in [-0.3, -0.25) is 18.2 Å². The summed E-state index contributed by atoms with van der Waals surface area (Å²) in [5.74, 6) is 0. The molecule has 0 aromatic carbocycles. The van der Waals surface area contributed by atoms with Crippen LogP contribution in [0.15, 0.2) is 0 Å². The minimum absolute atomic E-state index is 3.39. The van der Waals surface area contributed by atoms with Crippen molar-refractivity contribution in [3.05, 3.63) is 0 Å². The summed E-state index contributed by atoms with van der Waals surface area (Å²) in [5, 5.41) is 0. The molecule has 0 amide bonds. The second kappa shape index (κ2) is 5.58. The fraction of sp³-hybridized carbons (Fsp3) is 0. The van der Waals surface area contributed by atoms with Crippen molar-refractivity contribution in [1.82, 2.24) is 0 Å². The summed E-state index contributed by atoms with van der Waals surface area (Å²) in [7, 11) is -25.2. The predicted molar refractivity (Wildman–Crippen MR) is 66.2 cm³/mol. The van der Waals surface area contributed by atoms with Gasteiger partial charge in [0.25, 0.3) is 19.1 Å². The molecule has 0 rings (SSSR count). The van der Waals surface area contributed by atoms with E-state index in [0.29, 0.717) is 0 Å². The van der Waals surface area contributed by atoms with Crippen LogP contribution in [0.2, 0.25) is 0 Å². The zero-order valence-electron chi connectivity index (χ0n) is 8.39. The van der Waals surface area contributed by atoms with Gasteiger partial charge < -0.3 is 0 Å². The van der Waals surface area contributed by atoms with Crippen LogP contribution >= 0.6 is 0 Å². The molecule has 0 aromatic heterocycles. The Hall–Kier alpha value is 0.291. The first-order chi connectivity index (χ1) is 7.96. The molecule has 0 fully saturated rings. The van der Waals surface area contributed by atoms with E-state index < -0.39 is 59.2 Å². The first-order valence-corrected chi connectivity index (χ1v) is 19.7. The van der Waals surface area contributed by atoms with Gasteiger partial charge in [0.15, 0.2) is 0 Å². The van der Waals surface area contributed by atoms with E-state index in [1.807, 2.05) is 0 Å². The molecule has 0 aliphatic carbocycles. The van der Waals surface area contributed by atoms with E-state index in [0.717, 1.165) is 0 Å². The highest BCUT2D eigenvalue weighted by Gasteiger charge is 2.42. The zero-order valence-corrected chi connectivity index (χ0v) is 15.1. The number of rotatable bonds is 5. The summed E-state index contributed by atoms with van der Waals surface area (Å²) in [5.41, 5.74) is 0. The molecule has 4 N–H and O–H groups in total. The molecule has 0 saturated heterocycles. The normalized spacial score (nSPS) is 14.7. The van der Waals surface area contributed by atoms with Crippen molar-refractivity contribution in [3.8, 4) is 0 Å². The van der Waals surface area contributed by atoms with Crippen LogP contribution in [-0.4, -0.2) is 72.8 Å². The maximum atomic E-state index is 10.9. The molecule has 0 radical (unpaired) electrons. The molecule has 0 bridgehead atoms. The third-order valence-corrected chi connectivity index (χ3v) is 55.0. The fourth-order valence-corrected chi connectivity index (χ4v) is 69.2. The number of hydrogen-bond acceptors (Lipinski definition) is 8. The second-order valence-electron chi connectivity index (χ2n) is 2.86. The largest absolute Gasteiger partial charge is 0.364 e. The summed E-state index contributed by atoms with van der Waals surface area (Å²) in [6, 6.07) is 0. The molecule has 0 heterocycles. The summed E-state index contributed by atoms with van der Waals surface area (Å²) in [6.07, 6.45) is -4.66. The van der Waals surface area contributed by atoms with E-state index in [-0.39, 0.29) is 0 Å². The van der Waals surface area contributed by atoms with E-state index in [9.17, 15) is 33.7 Å². The van der Waals surface area contributed by atoms with Crippen LogP contribution in [0, 0.1) is 0 Å². The Morgan fingerprint density at radius 2 is 0.947 bits per heavy atom.